The van der Waals surface area contributed by atoms with Crippen molar-refractivity contribution in [3.63, 3.8) is 0 Å². The molecule has 0 radical (unpaired) electrons. The first-order chi connectivity index (χ1) is 12.2. The number of methoxy groups -OCH3 is 2. The molecule has 0 saturated carbocycles. The van der Waals surface area contributed by atoms with Gasteiger partial charge >= 0.3 is 5.97 Å². The Kier molecular flexibility index (Phi) is 4.95. The quantitative estimate of drug-likeness (QED) is 0.617. The molecule has 0 saturated heterocycles. The molecule has 2 aromatic rings. The number of nitrogens with zero attached hydrogens (tertiary/aromatic N) is 1. The second-order valence-electron chi connectivity index (χ2n) is 5.26. The number of benzene rings is 2. The average Bonchev–Trinajstić information content (AvgIpc) is 3.00. The third-order valence-corrected chi connectivity index (χ3v) is 3.53. The van der Waals surface area contributed by atoms with Crippen LogP contribution in [0.3, 0.4) is 0 Å². The van der Waals surface area contributed by atoms with E-state index in [0.717, 1.165) is 11.1 Å². The second-order valence-corrected chi connectivity index (χ2v) is 5.26. The third kappa shape index (κ3) is 4.14. The lowest BCUT2D eigenvalue weighted by Crippen LogP contribution is -2.01. The van der Waals surface area contributed by atoms with Crippen LogP contribution in [0.4, 0.5) is 0 Å². The molecule has 0 atom stereocenters. The van der Waals surface area contributed by atoms with Crippen molar-refractivity contribution in [1.29, 1.82) is 0 Å². The SMILES string of the molecule is COc1cc(/C=C2N=C(/C=C/c3ccccc3)OC\2=O)cc(OC)c1. The van der Waals surface area contributed by atoms with E-state index >= 15 is 0 Å². The van der Waals surface area contributed by atoms with Crippen molar-refractivity contribution in [3.05, 3.63) is 71.4 Å². The molecule has 0 spiro atoms. The standard InChI is InChI=1S/C20H17NO4/c1-23-16-10-15(11-17(13-16)24-2)12-18-20(22)25-19(21-18)9-8-14-6-4-3-5-7-14/h3-13H,1-2H3/b9-8+,18-12-. The van der Waals surface area contributed by atoms with Gasteiger partial charge in [-0.2, -0.15) is 0 Å². The number of aliphatic imine (C=N–C) groups is 1. The van der Waals surface area contributed by atoms with Gasteiger partial charge in [0, 0.05) is 12.1 Å². The Hall–Kier alpha value is -3.34. The first-order valence-electron chi connectivity index (χ1n) is 7.67. The lowest BCUT2D eigenvalue weighted by Gasteiger charge is -2.05. The molecule has 0 N–H and O–H groups in total. The molecule has 126 valence electrons. The zero-order chi connectivity index (χ0) is 17.6. The molecule has 0 amide bonds. The van der Waals surface area contributed by atoms with Gasteiger partial charge in [0.25, 0.3) is 0 Å². The van der Waals surface area contributed by atoms with Crippen molar-refractivity contribution < 1.29 is 19.0 Å². The number of rotatable bonds is 5. The minimum atomic E-state index is -0.491. The summed E-state index contributed by atoms with van der Waals surface area (Å²) in [4.78, 5) is 16.2. The lowest BCUT2D eigenvalue weighted by molar-refractivity contribution is -0.129. The Morgan fingerprint density at radius 1 is 0.920 bits per heavy atom. The normalized spacial score (nSPS) is 15.4. The van der Waals surface area contributed by atoms with Crippen LogP contribution in [0.25, 0.3) is 12.2 Å². The van der Waals surface area contributed by atoms with Gasteiger partial charge in [0.1, 0.15) is 11.5 Å². The molecular formula is C20H17NO4. The Morgan fingerprint density at radius 2 is 1.60 bits per heavy atom. The molecule has 2 aromatic carbocycles. The topological polar surface area (TPSA) is 57.1 Å². The van der Waals surface area contributed by atoms with Gasteiger partial charge in [0.2, 0.25) is 5.90 Å². The molecule has 0 fully saturated rings. The van der Waals surface area contributed by atoms with E-state index in [4.69, 9.17) is 14.2 Å². The van der Waals surface area contributed by atoms with Crippen molar-refractivity contribution >= 4 is 24.0 Å². The van der Waals surface area contributed by atoms with E-state index in [-0.39, 0.29) is 11.6 Å². The summed E-state index contributed by atoms with van der Waals surface area (Å²) in [7, 11) is 3.14. The minimum absolute atomic E-state index is 0.225. The van der Waals surface area contributed by atoms with Gasteiger partial charge in [0.15, 0.2) is 5.70 Å². The molecular weight excluding hydrogens is 318 g/mol. The predicted molar refractivity (Wildman–Crippen MR) is 96.5 cm³/mol. The van der Waals surface area contributed by atoms with Gasteiger partial charge in [-0.25, -0.2) is 9.79 Å². The molecule has 0 aromatic heterocycles. The third-order valence-electron chi connectivity index (χ3n) is 3.53. The molecule has 0 bridgehead atoms. The Morgan fingerprint density at radius 3 is 2.24 bits per heavy atom. The summed E-state index contributed by atoms with van der Waals surface area (Å²) in [5, 5.41) is 0. The molecule has 3 rings (SSSR count). The fraction of sp³-hybridized carbons (Fsp3) is 0.100. The van der Waals surface area contributed by atoms with Gasteiger partial charge in [-0.3, -0.25) is 0 Å². The Labute approximate surface area is 145 Å². The van der Waals surface area contributed by atoms with Gasteiger partial charge < -0.3 is 14.2 Å². The highest BCUT2D eigenvalue weighted by molar-refractivity contribution is 6.11. The maximum Gasteiger partial charge on any atom is 0.363 e. The van der Waals surface area contributed by atoms with Gasteiger partial charge in [0.05, 0.1) is 14.2 Å². The predicted octanol–water partition coefficient (Wildman–Crippen LogP) is 3.71. The number of carbonyl (C=O) groups is 1. The number of hydrogen-bond donors (Lipinski definition) is 0. The highest BCUT2D eigenvalue weighted by Gasteiger charge is 2.21. The molecule has 1 heterocycles. The first-order valence-corrected chi connectivity index (χ1v) is 7.67. The molecule has 0 unspecified atom stereocenters. The summed E-state index contributed by atoms with van der Waals surface area (Å²) in [5.41, 5.74) is 1.96. The summed E-state index contributed by atoms with van der Waals surface area (Å²) < 4.78 is 15.6. The fourth-order valence-corrected chi connectivity index (χ4v) is 2.30. The van der Waals surface area contributed by atoms with Crippen molar-refractivity contribution in [2.75, 3.05) is 14.2 Å². The number of carbonyl (C=O) groups excluding carboxylic acids is 1. The molecule has 1 aliphatic heterocycles. The maximum atomic E-state index is 12.0. The van der Waals surface area contributed by atoms with Crippen molar-refractivity contribution in [2.24, 2.45) is 4.99 Å². The fourth-order valence-electron chi connectivity index (χ4n) is 2.30. The summed E-state index contributed by atoms with van der Waals surface area (Å²) in [6, 6.07) is 15.0. The molecule has 25 heavy (non-hydrogen) atoms. The lowest BCUT2D eigenvalue weighted by atomic mass is 10.1. The van der Waals surface area contributed by atoms with E-state index in [1.807, 2.05) is 36.4 Å². The maximum absolute atomic E-state index is 12.0. The van der Waals surface area contributed by atoms with E-state index in [0.29, 0.717) is 11.5 Å². The Bertz CT molecular complexity index is 844. The van der Waals surface area contributed by atoms with Crippen molar-refractivity contribution in [1.82, 2.24) is 0 Å². The Balaban J connectivity index is 1.85. The van der Waals surface area contributed by atoms with E-state index in [2.05, 4.69) is 4.99 Å². The van der Waals surface area contributed by atoms with Crippen molar-refractivity contribution in [2.45, 2.75) is 0 Å². The summed E-state index contributed by atoms with van der Waals surface area (Å²) in [5.74, 6) is 1.03. The van der Waals surface area contributed by atoms with Gasteiger partial charge in [-0.05, 0) is 35.4 Å². The zero-order valence-corrected chi connectivity index (χ0v) is 13.9. The van der Waals surface area contributed by atoms with E-state index in [1.54, 1.807) is 44.6 Å². The van der Waals surface area contributed by atoms with E-state index in [1.165, 1.54) is 0 Å². The first kappa shape index (κ1) is 16.5. The summed E-state index contributed by atoms with van der Waals surface area (Å²) in [6.07, 6.45) is 5.14. The van der Waals surface area contributed by atoms with Crippen LogP contribution in [-0.4, -0.2) is 26.1 Å². The largest absolute Gasteiger partial charge is 0.497 e. The van der Waals surface area contributed by atoms with Crippen LogP contribution in [0.2, 0.25) is 0 Å². The van der Waals surface area contributed by atoms with E-state index < -0.39 is 5.97 Å². The van der Waals surface area contributed by atoms with Crippen LogP contribution in [-0.2, 0) is 9.53 Å². The molecule has 1 aliphatic rings. The van der Waals surface area contributed by atoms with E-state index in [9.17, 15) is 4.79 Å². The highest BCUT2D eigenvalue weighted by Crippen LogP contribution is 2.25. The van der Waals surface area contributed by atoms with Crippen LogP contribution in [0, 0.1) is 0 Å². The average molecular weight is 335 g/mol. The van der Waals surface area contributed by atoms with Crippen LogP contribution in [0.5, 0.6) is 11.5 Å². The van der Waals surface area contributed by atoms with Crippen LogP contribution >= 0.6 is 0 Å². The second kappa shape index (κ2) is 7.49. The summed E-state index contributed by atoms with van der Waals surface area (Å²) >= 11 is 0. The number of ether oxygens (including phenoxy) is 3. The number of hydrogen-bond acceptors (Lipinski definition) is 5. The molecule has 0 aliphatic carbocycles. The van der Waals surface area contributed by atoms with Crippen LogP contribution in [0.1, 0.15) is 11.1 Å². The van der Waals surface area contributed by atoms with Crippen LogP contribution in [0.15, 0.2) is 65.3 Å². The van der Waals surface area contributed by atoms with Crippen molar-refractivity contribution in [3.8, 4) is 11.5 Å². The minimum Gasteiger partial charge on any atom is -0.497 e. The summed E-state index contributed by atoms with van der Waals surface area (Å²) in [6.45, 7) is 0. The monoisotopic (exact) mass is 335 g/mol. The number of esters is 1. The van der Waals surface area contributed by atoms with Gasteiger partial charge in [-0.1, -0.05) is 30.3 Å². The molecule has 5 nitrogen and oxygen atoms in total. The highest BCUT2D eigenvalue weighted by atomic mass is 16.6. The zero-order valence-electron chi connectivity index (χ0n) is 13.9. The number of cyclic esters (lactones) is 1. The smallest absolute Gasteiger partial charge is 0.363 e. The van der Waals surface area contributed by atoms with Crippen LogP contribution < -0.4 is 9.47 Å². The van der Waals surface area contributed by atoms with Gasteiger partial charge in [-0.15, -0.1) is 0 Å². The molecule has 5 heteroatoms.